The molecule has 0 saturated carbocycles. The van der Waals surface area contributed by atoms with Gasteiger partial charge in [0.05, 0.1) is 11.8 Å². The molecule has 5 rings (SSSR count). The fraction of sp³-hybridized carbons (Fsp3) is 0.357. The lowest BCUT2D eigenvalue weighted by atomic mass is 9.84. The molecular weight excluding hydrogens is 456 g/mol. The van der Waals surface area contributed by atoms with Gasteiger partial charge in [0, 0.05) is 43.1 Å². The van der Waals surface area contributed by atoms with Crippen LogP contribution in [0.4, 0.5) is 0 Å². The predicted octanol–water partition coefficient (Wildman–Crippen LogP) is 5.43. The minimum absolute atomic E-state index is 0.0425. The van der Waals surface area contributed by atoms with Crippen LogP contribution in [-0.4, -0.2) is 51.4 Å². The summed E-state index contributed by atoms with van der Waals surface area (Å²) < 4.78 is 7.61. The standard InChI is InChI=1S/C28H32N4O2S/c1-21-25(12-17-34-21)27(33)30(2)26(19-22-7-4-3-5-8-22)23-10-15-31(16-11-23)20-24-9-6-14-32(24)28-29-13-18-35-28/h3-9,12-14,17-18,23,26H,10-11,15-16,19-20H2,1-2H3/t26-/m0/s1. The highest BCUT2D eigenvalue weighted by molar-refractivity contribution is 7.12. The number of carbonyl (C=O) groups excluding carboxylic acids is 1. The molecule has 35 heavy (non-hydrogen) atoms. The number of amides is 1. The van der Waals surface area contributed by atoms with E-state index < -0.39 is 0 Å². The zero-order valence-electron chi connectivity index (χ0n) is 20.3. The van der Waals surface area contributed by atoms with E-state index in [4.69, 9.17) is 4.42 Å². The molecule has 0 radical (unpaired) electrons. The third kappa shape index (κ3) is 5.26. The summed E-state index contributed by atoms with van der Waals surface area (Å²) in [7, 11) is 1.95. The Morgan fingerprint density at radius 2 is 1.97 bits per heavy atom. The topological polar surface area (TPSA) is 54.5 Å². The first kappa shape index (κ1) is 23.6. The number of hydrogen-bond acceptors (Lipinski definition) is 5. The Hall–Kier alpha value is -3.16. The maximum atomic E-state index is 13.4. The molecule has 3 aromatic heterocycles. The number of likely N-dealkylation sites (N-methyl/N-ethyl adjacent to an activating group) is 1. The number of benzene rings is 1. The highest BCUT2D eigenvalue weighted by Crippen LogP contribution is 2.29. The Balaban J connectivity index is 1.28. The average Bonchev–Trinajstić information content (AvgIpc) is 3.65. The summed E-state index contributed by atoms with van der Waals surface area (Å²) in [5.74, 6) is 1.16. The summed E-state index contributed by atoms with van der Waals surface area (Å²) >= 11 is 1.66. The molecule has 0 aliphatic carbocycles. The van der Waals surface area contributed by atoms with Crippen LogP contribution in [0, 0.1) is 12.8 Å². The molecule has 4 heterocycles. The zero-order valence-corrected chi connectivity index (χ0v) is 21.2. The lowest BCUT2D eigenvalue weighted by Crippen LogP contribution is -2.47. The number of piperidine rings is 1. The quantitative estimate of drug-likeness (QED) is 0.332. The number of rotatable bonds is 8. The number of nitrogens with zero attached hydrogens (tertiary/aromatic N) is 4. The molecule has 1 saturated heterocycles. The predicted molar refractivity (Wildman–Crippen MR) is 139 cm³/mol. The molecule has 0 spiro atoms. The van der Waals surface area contributed by atoms with E-state index >= 15 is 0 Å². The molecule has 0 bridgehead atoms. The van der Waals surface area contributed by atoms with E-state index in [0.29, 0.717) is 17.2 Å². The van der Waals surface area contributed by atoms with Gasteiger partial charge in [-0.3, -0.25) is 14.3 Å². The lowest BCUT2D eigenvalue weighted by molar-refractivity contribution is 0.0582. The molecule has 1 aliphatic heterocycles. The molecule has 1 aromatic carbocycles. The maximum Gasteiger partial charge on any atom is 0.257 e. The van der Waals surface area contributed by atoms with Crippen LogP contribution in [0.5, 0.6) is 0 Å². The van der Waals surface area contributed by atoms with Gasteiger partial charge in [-0.1, -0.05) is 30.3 Å². The van der Waals surface area contributed by atoms with E-state index in [9.17, 15) is 4.79 Å². The van der Waals surface area contributed by atoms with Gasteiger partial charge in [0.15, 0.2) is 5.13 Å². The number of furan rings is 1. The number of aryl methyl sites for hydroxylation is 1. The van der Waals surface area contributed by atoms with Crippen LogP contribution in [0.2, 0.25) is 0 Å². The van der Waals surface area contributed by atoms with Gasteiger partial charge in [0.2, 0.25) is 0 Å². The minimum atomic E-state index is 0.0425. The second-order valence-corrected chi connectivity index (χ2v) is 10.2. The van der Waals surface area contributed by atoms with Crippen LogP contribution in [0.15, 0.2) is 77.0 Å². The van der Waals surface area contributed by atoms with E-state index in [2.05, 4.69) is 57.0 Å². The maximum absolute atomic E-state index is 13.4. The highest BCUT2D eigenvalue weighted by Gasteiger charge is 2.33. The monoisotopic (exact) mass is 488 g/mol. The Labute approximate surface area is 210 Å². The molecule has 1 fully saturated rings. The summed E-state index contributed by atoms with van der Waals surface area (Å²) in [5.41, 5.74) is 3.19. The van der Waals surface area contributed by atoms with Crippen molar-refractivity contribution in [2.45, 2.75) is 38.8 Å². The summed E-state index contributed by atoms with van der Waals surface area (Å²) in [6, 6.07) is 16.7. The van der Waals surface area contributed by atoms with Crippen molar-refractivity contribution < 1.29 is 9.21 Å². The number of likely N-dealkylation sites (tertiary alicyclic amines) is 1. The van der Waals surface area contributed by atoms with E-state index in [1.165, 1.54) is 11.3 Å². The van der Waals surface area contributed by atoms with Crippen LogP contribution in [0.3, 0.4) is 0 Å². The molecule has 1 aliphatic rings. The Morgan fingerprint density at radius 1 is 1.17 bits per heavy atom. The molecule has 1 amide bonds. The van der Waals surface area contributed by atoms with E-state index in [-0.39, 0.29) is 11.9 Å². The van der Waals surface area contributed by atoms with Crippen LogP contribution < -0.4 is 0 Å². The van der Waals surface area contributed by atoms with Crippen molar-refractivity contribution in [3.63, 3.8) is 0 Å². The second kappa shape index (κ2) is 10.6. The van der Waals surface area contributed by atoms with Crippen LogP contribution in [-0.2, 0) is 13.0 Å². The van der Waals surface area contributed by atoms with Crippen molar-refractivity contribution in [3.05, 3.63) is 95.1 Å². The lowest BCUT2D eigenvalue weighted by Gasteiger charge is -2.40. The Kier molecular flexibility index (Phi) is 7.16. The summed E-state index contributed by atoms with van der Waals surface area (Å²) in [6.45, 7) is 4.80. The van der Waals surface area contributed by atoms with Gasteiger partial charge < -0.3 is 9.32 Å². The van der Waals surface area contributed by atoms with E-state index in [1.807, 2.05) is 36.5 Å². The molecule has 0 unspecified atom stereocenters. The molecule has 182 valence electrons. The van der Waals surface area contributed by atoms with E-state index in [1.54, 1.807) is 23.7 Å². The van der Waals surface area contributed by atoms with Crippen LogP contribution in [0.1, 0.15) is 40.2 Å². The Morgan fingerprint density at radius 3 is 2.66 bits per heavy atom. The van der Waals surface area contributed by atoms with Crippen molar-refractivity contribution in [1.82, 2.24) is 19.4 Å². The van der Waals surface area contributed by atoms with Gasteiger partial charge in [0.1, 0.15) is 5.76 Å². The van der Waals surface area contributed by atoms with Gasteiger partial charge >= 0.3 is 0 Å². The fourth-order valence-electron chi connectivity index (χ4n) is 5.21. The molecule has 7 heteroatoms. The number of hydrogen-bond donors (Lipinski definition) is 0. The highest BCUT2D eigenvalue weighted by atomic mass is 32.1. The van der Waals surface area contributed by atoms with Crippen molar-refractivity contribution >= 4 is 17.2 Å². The second-order valence-electron chi connectivity index (χ2n) is 9.36. The van der Waals surface area contributed by atoms with Crippen molar-refractivity contribution in [1.29, 1.82) is 0 Å². The van der Waals surface area contributed by atoms with Gasteiger partial charge in [-0.2, -0.15) is 0 Å². The SMILES string of the molecule is Cc1occc1C(=O)N(C)[C@@H](Cc1ccccc1)C1CCN(Cc2cccn2-c2nccs2)CC1. The van der Waals surface area contributed by atoms with E-state index in [0.717, 1.165) is 44.0 Å². The van der Waals surface area contributed by atoms with Crippen LogP contribution in [0.25, 0.3) is 5.13 Å². The third-order valence-corrected chi connectivity index (χ3v) is 7.99. The van der Waals surface area contributed by atoms with Gasteiger partial charge in [-0.05, 0) is 69.0 Å². The van der Waals surface area contributed by atoms with Crippen molar-refractivity contribution in [2.24, 2.45) is 5.92 Å². The number of aromatic nitrogens is 2. The normalized spacial score (nSPS) is 15.8. The first-order valence-corrected chi connectivity index (χ1v) is 13.1. The summed E-state index contributed by atoms with van der Waals surface area (Å²) in [4.78, 5) is 22.3. The first-order valence-electron chi connectivity index (χ1n) is 12.2. The van der Waals surface area contributed by atoms with Crippen molar-refractivity contribution in [3.8, 4) is 5.13 Å². The third-order valence-electron chi connectivity index (χ3n) is 7.22. The van der Waals surface area contributed by atoms with Crippen LogP contribution >= 0.6 is 11.3 Å². The fourth-order valence-corrected chi connectivity index (χ4v) is 5.87. The largest absolute Gasteiger partial charge is 0.469 e. The smallest absolute Gasteiger partial charge is 0.257 e. The molecule has 4 aromatic rings. The Bertz CT molecular complexity index is 1220. The summed E-state index contributed by atoms with van der Waals surface area (Å²) in [6.07, 6.45) is 8.54. The zero-order chi connectivity index (χ0) is 24.2. The average molecular weight is 489 g/mol. The first-order chi connectivity index (χ1) is 17.1. The molecular formula is C28H32N4O2S. The number of thiazole rings is 1. The molecule has 1 atom stereocenters. The summed E-state index contributed by atoms with van der Waals surface area (Å²) in [5, 5.41) is 3.03. The van der Waals surface area contributed by atoms with Gasteiger partial charge in [0.25, 0.3) is 5.91 Å². The molecule has 6 nitrogen and oxygen atoms in total. The van der Waals surface area contributed by atoms with Crippen molar-refractivity contribution in [2.75, 3.05) is 20.1 Å². The number of carbonyl (C=O) groups is 1. The van der Waals surface area contributed by atoms with Gasteiger partial charge in [-0.15, -0.1) is 11.3 Å². The minimum Gasteiger partial charge on any atom is -0.469 e. The molecule has 0 N–H and O–H groups in total. The van der Waals surface area contributed by atoms with Gasteiger partial charge in [-0.25, -0.2) is 4.98 Å².